The molecule has 3 rings (SSSR count). The van der Waals surface area contributed by atoms with E-state index in [0.717, 1.165) is 41.5 Å². The van der Waals surface area contributed by atoms with Crippen molar-refractivity contribution < 1.29 is 0 Å². The molecular weight excluding hydrogens is 254 g/mol. The zero-order valence-electron chi connectivity index (χ0n) is 14.6. The number of fused-ring (bicyclic) bond motifs is 1. The van der Waals surface area contributed by atoms with Crippen LogP contribution in [0, 0.1) is 35.5 Å². The molecule has 1 N–H and O–H groups in total. The summed E-state index contributed by atoms with van der Waals surface area (Å²) in [5.41, 5.74) is 0. The average molecular weight is 292 g/mol. The Balaban J connectivity index is 1.63. The number of hydrogen-bond acceptors (Lipinski definition) is 1. The Labute approximate surface area is 132 Å². The molecule has 0 amide bonds. The van der Waals surface area contributed by atoms with E-state index in [9.17, 15) is 0 Å². The monoisotopic (exact) mass is 291 g/mol. The highest BCUT2D eigenvalue weighted by Gasteiger charge is 2.39. The van der Waals surface area contributed by atoms with Crippen LogP contribution in [0.4, 0.5) is 0 Å². The topological polar surface area (TPSA) is 12.0 Å². The molecule has 0 aliphatic heterocycles. The molecule has 3 aliphatic carbocycles. The van der Waals surface area contributed by atoms with E-state index in [0.29, 0.717) is 0 Å². The molecule has 3 saturated carbocycles. The van der Waals surface area contributed by atoms with Gasteiger partial charge in [-0.15, -0.1) is 0 Å². The highest BCUT2D eigenvalue weighted by Crippen LogP contribution is 2.46. The Morgan fingerprint density at radius 3 is 2.05 bits per heavy atom. The third-order valence-corrected chi connectivity index (χ3v) is 7.14. The van der Waals surface area contributed by atoms with E-state index < -0.39 is 0 Å². The van der Waals surface area contributed by atoms with Gasteiger partial charge < -0.3 is 5.32 Å². The van der Waals surface area contributed by atoms with Crippen LogP contribution >= 0.6 is 0 Å². The zero-order valence-corrected chi connectivity index (χ0v) is 14.6. The van der Waals surface area contributed by atoms with Crippen molar-refractivity contribution >= 4 is 0 Å². The molecule has 122 valence electrons. The second-order valence-electron chi connectivity index (χ2n) is 8.87. The number of hydrogen-bond donors (Lipinski definition) is 1. The fraction of sp³-hybridized carbons (Fsp3) is 1.00. The van der Waals surface area contributed by atoms with E-state index in [4.69, 9.17) is 0 Å². The minimum absolute atomic E-state index is 0.804. The Morgan fingerprint density at radius 2 is 1.38 bits per heavy atom. The molecule has 6 atom stereocenters. The van der Waals surface area contributed by atoms with Gasteiger partial charge >= 0.3 is 0 Å². The predicted octanol–water partition coefficient (Wildman–Crippen LogP) is 5.25. The van der Waals surface area contributed by atoms with Gasteiger partial charge in [-0.2, -0.15) is 0 Å². The van der Waals surface area contributed by atoms with E-state index in [1.807, 2.05) is 0 Å². The molecule has 3 fully saturated rings. The SMILES string of the molecule is CNC(C1CC(C)CC(C)C1)C1CCC2CCCCC2C1. The van der Waals surface area contributed by atoms with Crippen LogP contribution in [-0.2, 0) is 0 Å². The van der Waals surface area contributed by atoms with Gasteiger partial charge in [0.05, 0.1) is 0 Å². The Bertz CT molecular complexity index is 316. The Kier molecular flexibility index (Phi) is 5.30. The lowest BCUT2D eigenvalue weighted by Gasteiger charge is -2.46. The van der Waals surface area contributed by atoms with E-state index in [-0.39, 0.29) is 0 Å². The van der Waals surface area contributed by atoms with E-state index in [2.05, 4.69) is 26.2 Å². The second kappa shape index (κ2) is 7.02. The van der Waals surface area contributed by atoms with Crippen LogP contribution in [0.2, 0.25) is 0 Å². The van der Waals surface area contributed by atoms with Gasteiger partial charge in [0, 0.05) is 6.04 Å². The summed E-state index contributed by atoms with van der Waals surface area (Å²) in [6.07, 6.45) is 15.1. The molecule has 3 aliphatic rings. The minimum Gasteiger partial charge on any atom is -0.316 e. The summed E-state index contributed by atoms with van der Waals surface area (Å²) in [7, 11) is 2.24. The minimum atomic E-state index is 0.804. The lowest BCUT2D eigenvalue weighted by atomic mass is 9.63. The summed E-state index contributed by atoms with van der Waals surface area (Å²) < 4.78 is 0. The maximum atomic E-state index is 3.78. The third kappa shape index (κ3) is 3.66. The van der Waals surface area contributed by atoms with Gasteiger partial charge in [0.15, 0.2) is 0 Å². The number of nitrogens with one attached hydrogen (secondary N) is 1. The van der Waals surface area contributed by atoms with Crippen LogP contribution in [0.25, 0.3) is 0 Å². The molecule has 0 aromatic carbocycles. The van der Waals surface area contributed by atoms with Crippen molar-refractivity contribution in [2.24, 2.45) is 35.5 Å². The van der Waals surface area contributed by atoms with Gasteiger partial charge in [-0.25, -0.2) is 0 Å². The first-order chi connectivity index (χ1) is 10.2. The van der Waals surface area contributed by atoms with Gasteiger partial charge in [-0.1, -0.05) is 39.5 Å². The van der Waals surface area contributed by atoms with Crippen molar-refractivity contribution in [3.05, 3.63) is 0 Å². The molecule has 0 aromatic heterocycles. The quantitative estimate of drug-likeness (QED) is 0.748. The first-order valence-electron chi connectivity index (χ1n) is 9.84. The van der Waals surface area contributed by atoms with Crippen LogP contribution in [0.1, 0.15) is 78.1 Å². The summed E-state index contributed by atoms with van der Waals surface area (Å²) in [6, 6.07) is 0.804. The van der Waals surface area contributed by atoms with E-state index in [1.165, 1.54) is 57.8 Å². The normalized spacial score (nSPS) is 45.9. The molecule has 1 nitrogen and oxygen atoms in total. The molecule has 0 heterocycles. The highest BCUT2D eigenvalue weighted by atomic mass is 14.9. The molecule has 21 heavy (non-hydrogen) atoms. The molecule has 0 spiro atoms. The van der Waals surface area contributed by atoms with Crippen molar-refractivity contribution in [2.75, 3.05) is 7.05 Å². The van der Waals surface area contributed by atoms with Gasteiger partial charge in [0.25, 0.3) is 0 Å². The highest BCUT2D eigenvalue weighted by molar-refractivity contribution is 4.92. The van der Waals surface area contributed by atoms with Crippen molar-refractivity contribution in [1.29, 1.82) is 0 Å². The summed E-state index contributed by atoms with van der Waals surface area (Å²) in [4.78, 5) is 0. The van der Waals surface area contributed by atoms with Gasteiger partial charge in [-0.05, 0) is 81.1 Å². The standard InChI is InChI=1S/C20H37N/c1-14-10-15(2)12-19(11-14)20(21-3)18-9-8-16-6-4-5-7-17(16)13-18/h14-21H,4-13H2,1-3H3. The first-order valence-corrected chi connectivity index (χ1v) is 9.84. The maximum absolute atomic E-state index is 3.78. The van der Waals surface area contributed by atoms with Crippen LogP contribution in [0.5, 0.6) is 0 Å². The Hall–Kier alpha value is -0.0400. The average Bonchev–Trinajstić information content (AvgIpc) is 2.47. The van der Waals surface area contributed by atoms with Crippen LogP contribution in [0.15, 0.2) is 0 Å². The molecule has 6 unspecified atom stereocenters. The molecule has 1 heteroatoms. The Morgan fingerprint density at radius 1 is 0.714 bits per heavy atom. The summed E-state index contributed by atoms with van der Waals surface area (Å²) in [5.74, 6) is 5.97. The fourth-order valence-electron chi connectivity index (χ4n) is 6.39. The summed E-state index contributed by atoms with van der Waals surface area (Å²) in [6.45, 7) is 4.96. The summed E-state index contributed by atoms with van der Waals surface area (Å²) in [5, 5.41) is 3.78. The van der Waals surface area contributed by atoms with Crippen molar-refractivity contribution in [3.63, 3.8) is 0 Å². The van der Waals surface area contributed by atoms with Gasteiger partial charge in [-0.3, -0.25) is 0 Å². The van der Waals surface area contributed by atoms with Gasteiger partial charge in [0.1, 0.15) is 0 Å². The first kappa shape index (κ1) is 15.8. The number of rotatable bonds is 3. The van der Waals surface area contributed by atoms with Gasteiger partial charge in [0.2, 0.25) is 0 Å². The predicted molar refractivity (Wildman–Crippen MR) is 91.3 cm³/mol. The lowest BCUT2D eigenvalue weighted by molar-refractivity contribution is 0.0738. The largest absolute Gasteiger partial charge is 0.316 e. The molecular formula is C20H37N. The molecule has 0 radical (unpaired) electrons. The van der Waals surface area contributed by atoms with Crippen molar-refractivity contribution in [1.82, 2.24) is 5.32 Å². The van der Waals surface area contributed by atoms with Crippen LogP contribution in [-0.4, -0.2) is 13.1 Å². The molecule has 0 saturated heterocycles. The smallest absolute Gasteiger partial charge is 0.0121 e. The summed E-state index contributed by atoms with van der Waals surface area (Å²) >= 11 is 0. The molecule has 0 bridgehead atoms. The fourth-order valence-corrected chi connectivity index (χ4v) is 6.39. The lowest BCUT2D eigenvalue weighted by Crippen LogP contribution is -2.46. The zero-order chi connectivity index (χ0) is 14.8. The van der Waals surface area contributed by atoms with E-state index >= 15 is 0 Å². The van der Waals surface area contributed by atoms with Crippen LogP contribution in [0.3, 0.4) is 0 Å². The maximum Gasteiger partial charge on any atom is 0.0121 e. The van der Waals surface area contributed by atoms with E-state index in [1.54, 1.807) is 6.42 Å². The third-order valence-electron chi connectivity index (χ3n) is 7.14. The van der Waals surface area contributed by atoms with Crippen molar-refractivity contribution in [3.8, 4) is 0 Å². The van der Waals surface area contributed by atoms with Crippen LogP contribution < -0.4 is 5.32 Å². The van der Waals surface area contributed by atoms with Crippen molar-refractivity contribution in [2.45, 2.75) is 84.1 Å². The molecule has 0 aromatic rings. The second-order valence-corrected chi connectivity index (χ2v) is 8.87.